The number of halogens is 3. The molecule has 0 fully saturated rings. The monoisotopic (exact) mass is 395 g/mol. The van der Waals surface area contributed by atoms with Gasteiger partial charge in [0.05, 0.1) is 16.6 Å². The summed E-state index contributed by atoms with van der Waals surface area (Å²) in [6, 6.07) is 19.5. The van der Waals surface area contributed by atoms with E-state index < -0.39 is 17.7 Å². The van der Waals surface area contributed by atoms with Gasteiger partial charge in [0, 0.05) is 23.1 Å². The van der Waals surface area contributed by atoms with Crippen LogP contribution in [0.3, 0.4) is 0 Å². The minimum Gasteiger partial charge on any atom is -0.478 e. The van der Waals surface area contributed by atoms with E-state index in [1.807, 2.05) is 30.3 Å². The van der Waals surface area contributed by atoms with Crippen LogP contribution in [0.2, 0.25) is 0 Å². The summed E-state index contributed by atoms with van der Waals surface area (Å²) in [6.45, 7) is 0. The summed E-state index contributed by atoms with van der Waals surface area (Å²) in [7, 11) is 0. The van der Waals surface area contributed by atoms with E-state index in [4.69, 9.17) is 0 Å². The van der Waals surface area contributed by atoms with E-state index in [1.54, 1.807) is 18.2 Å². The minimum absolute atomic E-state index is 0.190. The molecule has 1 aromatic heterocycles. The van der Waals surface area contributed by atoms with Gasteiger partial charge in [0.2, 0.25) is 0 Å². The second kappa shape index (κ2) is 7.13. The molecule has 0 amide bonds. The molecule has 0 unspecified atom stereocenters. The summed E-state index contributed by atoms with van der Waals surface area (Å²) in [4.78, 5) is 14.6. The molecule has 3 aromatic carbocycles. The van der Waals surface area contributed by atoms with Crippen molar-refractivity contribution in [2.45, 2.75) is 12.6 Å². The summed E-state index contributed by atoms with van der Waals surface area (Å²) >= 11 is 0. The lowest BCUT2D eigenvalue weighted by molar-refractivity contribution is -0.137. The normalized spacial score (nSPS) is 11.7. The first-order chi connectivity index (χ1) is 13.8. The number of aromatic carboxylic acids is 1. The van der Waals surface area contributed by atoms with Crippen LogP contribution in [0.1, 0.15) is 27.2 Å². The van der Waals surface area contributed by atoms with Gasteiger partial charge in [0.15, 0.2) is 0 Å². The fourth-order valence-electron chi connectivity index (χ4n) is 3.45. The van der Waals surface area contributed by atoms with E-state index in [-0.39, 0.29) is 5.56 Å². The Labute approximate surface area is 164 Å². The van der Waals surface area contributed by atoms with Gasteiger partial charge in [-0.3, -0.25) is 0 Å². The van der Waals surface area contributed by atoms with E-state index in [0.717, 1.165) is 39.9 Å². The Kier molecular flexibility index (Phi) is 4.62. The number of carboxylic acid groups (broad SMARTS) is 1. The maximum atomic E-state index is 13.0. The zero-order valence-corrected chi connectivity index (χ0v) is 15.1. The Morgan fingerprint density at radius 2 is 1.69 bits per heavy atom. The molecule has 1 heterocycles. The van der Waals surface area contributed by atoms with Gasteiger partial charge in [0.1, 0.15) is 0 Å². The molecule has 0 bridgehead atoms. The van der Waals surface area contributed by atoms with Crippen LogP contribution in [-0.4, -0.2) is 16.1 Å². The molecule has 0 radical (unpaired) electrons. The van der Waals surface area contributed by atoms with Crippen LogP contribution >= 0.6 is 0 Å². The van der Waals surface area contributed by atoms with Gasteiger partial charge in [-0.1, -0.05) is 48.5 Å². The quantitative estimate of drug-likeness (QED) is 0.436. The van der Waals surface area contributed by atoms with Gasteiger partial charge in [-0.15, -0.1) is 0 Å². The van der Waals surface area contributed by atoms with Crippen molar-refractivity contribution in [1.82, 2.24) is 4.98 Å². The summed E-state index contributed by atoms with van der Waals surface area (Å²) in [6.07, 6.45) is -4.05. The molecule has 146 valence electrons. The number of para-hydroxylation sites is 1. The number of rotatable bonds is 4. The first-order valence-corrected chi connectivity index (χ1v) is 8.92. The van der Waals surface area contributed by atoms with Crippen LogP contribution in [0.5, 0.6) is 0 Å². The molecule has 29 heavy (non-hydrogen) atoms. The second-order valence-electron chi connectivity index (χ2n) is 6.83. The van der Waals surface area contributed by atoms with Gasteiger partial charge < -0.3 is 10.1 Å². The molecule has 0 saturated heterocycles. The maximum Gasteiger partial charge on any atom is 0.416 e. The standard InChI is InChI=1S/C23H16F3NO2/c24-23(25,26)18-8-1-4-14(10-18)11-19-13-16-6-3-9-20(21(16)27-19)15-5-2-7-17(12-15)22(28)29/h1-10,12-13,27H,11H2,(H,28,29). The number of aromatic amines is 1. The zero-order chi connectivity index (χ0) is 20.6. The van der Waals surface area contributed by atoms with E-state index in [2.05, 4.69) is 4.98 Å². The first kappa shape index (κ1) is 18.8. The topological polar surface area (TPSA) is 53.1 Å². The molecule has 3 nitrogen and oxygen atoms in total. The van der Waals surface area contributed by atoms with Crippen molar-refractivity contribution in [3.63, 3.8) is 0 Å². The van der Waals surface area contributed by atoms with Gasteiger partial charge in [-0.2, -0.15) is 13.2 Å². The van der Waals surface area contributed by atoms with Crippen LogP contribution in [0.4, 0.5) is 13.2 Å². The van der Waals surface area contributed by atoms with Gasteiger partial charge >= 0.3 is 12.1 Å². The number of carboxylic acids is 1. The van der Waals surface area contributed by atoms with Crippen molar-refractivity contribution in [3.05, 3.63) is 95.2 Å². The molecule has 0 aliphatic carbocycles. The van der Waals surface area contributed by atoms with Crippen molar-refractivity contribution in [2.24, 2.45) is 0 Å². The number of aromatic nitrogens is 1. The van der Waals surface area contributed by atoms with Gasteiger partial charge in [-0.05, 0) is 35.4 Å². The average molecular weight is 395 g/mol. The Hall–Kier alpha value is -3.54. The van der Waals surface area contributed by atoms with E-state index in [0.29, 0.717) is 12.0 Å². The van der Waals surface area contributed by atoms with Crippen molar-refractivity contribution >= 4 is 16.9 Å². The van der Waals surface area contributed by atoms with Crippen LogP contribution in [0.15, 0.2) is 72.8 Å². The lowest BCUT2D eigenvalue weighted by Crippen LogP contribution is -2.05. The molecule has 0 aliphatic rings. The summed E-state index contributed by atoms with van der Waals surface area (Å²) in [5, 5.41) is 10.1. The highest BCUT2D eigenvalue weighted by Crippen LogP contribution is 2.32. The molecule has 4 rings (SSSR count). The Bertz CT molecular complexity index is 1210. The van der Waals surface area contributed by atoms with Crippen molar-refractivity contribution in [3.8, 4) is 11.1 Å². The summed E-state index contributed by atoms with van der Waals surface area (Å²) < 4.78 is 38.9. The molecule has 0 saturated carbocycles. The van der Waals surface area contributed by atoms with Crippen LogP contribution in [0, 0.1) is 0 Å². The van der Waals surface area contributed by atoms with Crippen LogP contribution < -0.4 is 0 Å². The number of hydrogen-bond acceptors (Lipinski definition) is 1. The number of alkyl halides is 3. The number of fused-ring (bicyclic) bond motifs is 1. The molecule has 0 spiro atoms. The van der Waals surface area contributed by atoms with Crippen molar-refractivity contribution in [1.29, 1.82) is 0 Å². The first-order valence-electron chi connectivity index (χ1n) is 8.92. The van der Waals surface area contributed by atoms with Crippen molar-refractivity contribution in [2.75, 3.05) is 0 Å². The SMILES string of the molecule is O=C(O)c1cccc(-c2cccc3cc(Cc4cccc(C(F)(F)F)c4)[nH]c23)c1. The fourth-order valence-corrected chi connectivity index (χ4v) is 3.45. The predicted molar refractivity (Wildman–Crippen MR) is 105 cm³/mol. The number of hydrogen-bond donors (Lipinski definition) is 2. The highest BCUT2D eigenvalue weighted by Gasteiger charge is 2.30. The predicted octanol–water partition coefficient (Wildman–Crippen LogP) is 6.14. The smallest absolute Gasteiger partial charge is 0.416 e. The lowest BCUT2D eigenvalue weighted by atomic mass is 10.0. The molecule has 0 atom stereocenters. The molecular weight excluding hydrogens is 379 g/mol. The number of H-pyrrole nitrogens is 1. The molecule has 2 N–H and O–H groups in total. The molecule has 0 aliphatic heterocycles. The van der Waals surface area contributed by atoms with E-state index >= 15 is 0 Å². The molecule has 6 heteroatoms. The van der Waals surface area contributed by atoms with E-state index in [1.165, 1.54) is 12.1 Å². The highest BCUT2D eigenvalue weighted by molar-refractivity contribution is 5.96. The number of nitrogens with one attached hydrogen (secondary N) is 1. The van der Waals surface area contributed by atoms with Crippen molar-refractivity contribution < 1.29 is 23.1 Å². The Morgan fingerprint density at radius 3 is 2.45 bits per heavy atom. The lowest BCUT2D eigenvalue weighted by Gasteiger charge is -2.08. The third-order valence-electron chi connectivity index (χ3n) is 4.78. The van der Waals surface area contributed by atoms with Crippen LogP contribution in [0.25, 0.3) is 22.0 Å². The number of carbonyl (C=O) groups is 1. The third kappa shape index (κ3) is 3.87. The average Bonchev–Trinajstić information content (AvgIpc) is 3.10. The van der Waals surface area contributed by atoms with Crippen LogP contribution in [-0.2, 0) is 12.6 Å². The summed E-state index contributed by atoms with van der Waals surface area (Å²) in [5.74, 6) is -1.00. The number of benzene rings is 3. The Balaban J connectivity index is 1.72. The largest absolute Gasteiger partial charge is 0.478 e. The highest BCUT2D eigenvalue weighted by atomic mass is 19.4. The maximum absolute atomic E-state index is 13.0. The minimum atomic E-state index is -4.38. The second-order valence-corrected chi connectivity index (χ2v) is 6.83. The fraction of sp³-hybridized carbons (Fsp3) is 0.0870. The Morgan fingerprint density at radius 1 is 0.931 bits per heavy atom. The molecular formula is C23H16F3NO2. The summed E-state index contributed by atoms with van der Waals surface area (Å²) in [5.41, 5.74) is 3.26. The van der Waals surface area contributed by atoms with Gasteiger partial charge in [0.25, 0.3) is 0 Å². The molecule has 4 aromatic rings. The van der Waals surface area contributed by atoms with E-state index in [9.17, 15) is 23.1 Å². The van der Waals surface area contributed by atoms with Gasteiger partial charge in [-0.25, -0.2) is 4.79 Å². The third-order valence-corrected chi connectivity index (χ3v) is 4.78. The zero-order valence-electron chi connectivity index (χ0n) is 15.1.